The monoisotopic (exact) mass is 397 g/mol. The predicted molar refractivity (Wildman–Crippen MR) is 105 cm³/mol. The van der Waals surface area contributed by atoms with Crippen molar-refractivity contribution < 1.29 is 19.2 Å². The molecule has 2 heterocycles. The van der Waals surface area contributed by atoms with Crippen LogP contribution in [0.25, 0.3) is 0 Å². The highest BCUT2D eigenvalue weighted by atomic mass is 16.2. The Morgan fingerprint density at radius 1 is 1.14 bits per heavy atom. The fourth-order valence-electron chi connectivity index (χ4n) is 3.25. The van der Waals surface area contributed by atoms with E-state index in [-0.39, 0.29) is 37.7 Å². The summed E-state index contributed by atoms with van der Waals surface area (Å²) in [6, 6.07) is 6.94. The van der Waals surface area contributed by atoms with Gasteiger partial charge in [-0.2, -0.15) is 5.10 Å². The van der Waals surface area contributed by atoms with Gasteiger partial charge in [-0.25, -0.2) is 0 Å². The van der Waals surface area contributed by atoms with Crippen molar-refractivity contribution in [2.45, 2.75) is 26.7 Å². The van der Waals surface area contributed by atoms with E-state index in [2.05, 4.69) is 15.7 Å². The lowest BCUT2D eigenvalue weighted by molar-refractivity contribution is -0.129. The lowest BCUT2D eigenvalue weighted by Gasteiger charge is -2.26. The minimum atomic E-state index is -0.417. The summed E-state index contributed by atoms with van der Waals surface area (Å²) in [4.78, 5) is 50.0. The molecule has 1 aromatic carbocycles. The lowest BCUT2D eigenvalue weighted by atomic mass is 9.98. The average molecular weight is 397 g/mol. The van der Waals surface area contributed by atoms with Gasteiger partial charge in [0.25, 0.3) is 5.91 Å². The number of benzene rings is 1. The molecule has 4 amide bonds. The summed E-state index contributed by atoms with van der Waals surface area (Å²) in [5.41, 5.74) is 3.29. The van der Waals surface area contributed by atoms with Gasteiger partial charge in [0.05, 0.1) is 30.0 Å². The zero-order valence-corrected chi connectivity index (χ0v) is 16.6. The molecule has 2 aromatic rings. The van der Waals surface area contributed by atoms with Crippen molar-refractivity contribution in [3.63, 3.8) is 0 Å². The quantitative estimate of drug-likeness (QED) is 0.697. The van der Waals surface area contributed by atoms with Crippen molar-refractivity contribution in [2.75, 3.05) is 18.4 Å². The summed E-state index contributed by atoms with van der Waals surface area (Å²) in [5.74, 6) is -1.53. The summed E-state index contributed by atoms with van der Waals surface area (Å²) < 4.78 is 1.66. The fraction of sp³-hybridized carbons (Fsp3) is 0.350. The van der Waals surface area contributed by atoms with Crippen LogP contribution in [-0.2, 0) is 27.9 Å². The molecule has 9 heteroatoms. The first-order valence-electron chi connectivity index (χ1n) is 9.27. The van der Waals surface area contributed by atoms with Gasteiger partial charge in [-0.3, -0.25) is 28.8 Å². The second-order valence-electron chi connectivity index (χ2n) is 6.93. The van der Waals surface area contributed by atoms with Crippen LogP contribution in [-0.4, -0.2) is 51.4 Å². The molecule has 0 aliphatic carbocycles. The minimum absolute atomic E-state index is 0.0275. The van der Waals surface area contributed by atoms with E-state index in [0.29, 0.717) is 22.5 Å². The van der Waals surface area contributed by atoms with E-state index in [0.717, 1.165) is 10.6 Å². The highest BCUT2D eigenvalue weighted by molar-refractivity contribution is 6.09. The number of hydrogen-bond donors (Lipinski definition) is 2. The number of aryl methyl sites for hydroxylation is 2. The standard InChI is InChI=1S/C20H23N5O4/c1-12-19(13(2)24(3)23-12)22-17(27)11-21-16(26)8-9-25-18(28)10-14-6-4-5-7-15(14)20(25)29/h4-7H,8-11H2,1-3H3,(H,21,26)(H,22,27). The van der Waals surface area contributed by atoms with Crippen LogP contribution in [0.2, 0.25) is 0 Å². The van der Waals surface area contributed by atoms with Crippen molar-refractivity contribution in [3.8, 4) is 0 Å². The maximum absolute atomic E-state index is 12.5. The maximum Gasteiger partial charge on any atom is 0.260 e. The molecule has 9 nitrogen and oxygen atoms in total. The number of imide groups is 1. The maximum atomic E-state index is 12.5. The number of aromatic nitrogens is 2. The van der Waals surface area contributed by atoms with Gasteiger partial charge in [0.2, 0.25) is 17.7 Å². The first kappa shape index (κ1) is 20.2. The Labute approximate surface area is 168 Å². The molecule has 0 spiro atoms. The van der Waals surface area contributed by atoms with Gasteiger partial charge in [0, 0.05) is 25.6 Å². The molecule has 1 aliphatic rings. The Kier molecular flexibility index (Phi) is 5.76. The lowest BCUT2D eigenvalue weighted by Crippen LogP contribution is -2.44. The topological polar surface area (TPSA) is 113 Å². The SMILES string of the molecule is Cc1nn(C)c(C)c1NC(=O)CNC(=O)CCN1C(=O)Cc2ccccc2C1=O. The van der Waals surface area contributed by atoms with Crippen LogP contribution < -0.4 is 10.6 Å². The molecule has 0 saturated carbocycles. The molecule has 0 bridgehead atoms. The van der Waals surface area contributed by atoms with E-state index >= 15 is 0 Å². The summed E-state index contributed by atoms with van der Waals surface area (Å²) in [7, 11) is 1.78. The summed E-state index contributed by atoms with van der Waals surface area (Å²) in [6.07, 6.45) is 0.0631. The third-order valence-electron chi connectivity index (χ3n) is 4.92. The van der Waals surface area contributed by atoms with E-state index in [1.807, 2.05) is 6.92 Å². The number of fused-ring (bicyclic) bond motifs is 1. The summed E-state index contributed by atoms with van der Waals surface area (Å²) in [6.45, 7) is 3.38. The van der Waals surface area contributed by atoms with Crippen LogP contribution in [0.15, 0.2) is 24.3 Å². The number of nitrogens with zero attached hydrogens (tertiary/aromatic N) is 3. The molecule has 29 heavy (non-hydrogen) atoms. The molecule has 152 valence electrons. The van der Waals surface area contributed by atoms with E-state index in [1.165, 1.54) is 0 Å². The first-order valence-corrected chi connectivity index (χ1v) is 9.27. The van der Waals surface area contributed by atoms with Crippen molar-refractivity contribution in [2.24, 2.45) is 7.05 Å². The van der Waals surface area contributed by atoms with Crippen LogP contribution in [0.5, 0.6) is 0 Å². The highest BCUT2D eigenvalue weighted by Gasteiger charge is 2.30. The molecule has 3 rings (SSSR count). The molecule has 0 saturated heterocycles. The number of amides is 4. The molecule has 2 N–H and O–H groups in total. The molecule has 1 aliphatic heterocycles. The number of carbonyl (C=O) groups is 4. The molecule has 0 radical (unpaired) electrons. The van der Waals surface area contributed by atoms with Gasteiger partial charge in [-0.1, -0.05) is 18.2 Å². The molecule has 0 fully saturated rings. The van der Waals surface area contributed by atoms with Crippen LogP contribution in [0.3, 0.4) is 0 Å². The van der Waals surface area contributed by atoms with Gasteiger partial charge in [-0.15, -0.1) is 0 Å². The third kappa shape index (κ3) is 4.34. The Morgan fingerprint density at radius 2 is 1.86 bits per heavy atom. The summed E-state index contributed by atoms with van der Waals surface area (Å²) >= 11 is 0. The number of rotatable bonds is 6. The fourth-order valence-corrected chi connectivity index (χ4v) is 3.25. The predicted octanol–water partition coefficient (Wildman–Crippen LogP) is 0.707. The van der Waals surface area contributed by atoms with Crippen molar-refractivity contribution in [1.82, 2.24) is 20.0 Å². The Hall–Kier alpha value is -3.49. The Balaban J connectivity index is 1.49. The van der Waals surface area contributed by atoms with E-state index in [4.69, 9.17) is 0 Å². The molecular weight excluding hydrogens is 374 g/mol. The van der Waals surface area contributed by atoms with Gasteiger partial charge in [-0.05, 0) is 25.5 Å². The third-order valence-corrected chi connectivity index (χ3v) is 4.92. The molecule has 0 unspecified atom stereocenters. The van der Waals surface area contributed by atoms with Crippen molar-refractivity contribution >= 4 is 29.3 Å². The van der Waals surface area contributed by atoms with Gasteiger partial charge < -0.3 is 10.6 Å². The highest BCUT2D eigenvalue weighted by Crippen LogP contribution is 2.20. The van der Waals surface area contributed by atoms with E-state index in [9.17, 15) is 19.2 Å². The Bertz CT molecular complexity index is 995. The number of nitrogens with one attached hydrogen (secondary N) is 2. The first-order chi connectivity index (χ1) is 13.8. The molecule has 1 aromatic heterocycles. The average Bonchev–Trinajstić information content (AvgIpc) is 2.92. The van der Waals surface area contributed by atoms with Gasteiger partial charge in [0.15, 0.2) is 0 Å². The minimum Gasteiger partial charge on any atom is -0.347 e. The van der Waals surface area contributed by atoms with Crippen LogP contribution in [0.4, 0.5) is 5.69 Å². The zero-order chi connectivity index (χ0) is 21.1. The summed E-state index contributed by atoms with van der Waals surface area (Å²) in [5, 5.41) is 9.45. The number of carbonyl (C=O) groups excluding carboxylic acids is 4. The molecular formula is C20H23N5O4. The van der Waals surface area contributed by atoms with Crippen LogP contribution >= 0.6 is 0 Å². The van der Waals surface area contributed by atoms with Gasteiger partial charge >= 0.3 is 0 Å². The van der Waals surface area contributed by atoms with Crippen LogP contribution in [0, 0.1) is 13.8 Å². The van der Waals surface area contributed by atoms with Crippen LogP contribution in [0.1, 0.15) is 33.7 Å². The van der Waals surface area contributed by atoms with Crippen molar-refractivity contribution in [3.05, 3.63) is 46.8 Å². The Morgan fingerprint density at radius 3 is 2.55 bits per heavy atom. The largest absolute Gasteiger partial charge is 0.347 e. The zero-order valence-electron chi connectivity index (χ0n) is 16.6. The van der Waals surface area contributed by atoms with Gasteiger partial charge in [0.1, 0.15) is 0 Å². The number of hydrogen-bond acceptors (Lipinski definition) is 5. The van der Waals surface area contributed by atoms with E-state index < -0.39 is 11.8 Å². The smallest absolute Gasteiger partial charge is 0.260 e. The molecule has 0 atom stereocenters. The normalized spacial score (nSPS) is 13.3. The number of anilines is 1. The van der Waals surface area contributed by atoms with Crippen molar-refractivity contribution in [1.29, 1.82) is 0 Å². The van der Waals surface area contributed by atoms with E-state index in [1.54, 1.807) is 42.9 Å². The second-order valence-corrected chi connectivity index (χ2v) is 6.93. The second kappa shape index (κ2) is 8.26.